The first-order valence-corrected chi connectivity index (χ1v) is 7.81. The minimum Gasteiger partial charge on any atom is -0.345 e. The summed E-state index contributed by atoms with van der Waals surface area (Å²) in [7, 11) is 0. The number of benzene rings is 1. The molecule has 0 aromatic heterocycles. The quantitative estimate of drug-likeness (QED) is 0.860. The molecular weight excluding hydrogens is 295 g/mol. The van der Waals surface area contributed by atoms with Crippen LogP contribution in [0.15, 0.2) is 24.3 Å². The maximum Gasteiger partial charge on any atom is 0.295 e. The zero-order valence-corrected chi connectivity index (χ0v) is 13.3. The summed E-state index contributed by atoms with van der Waals surface area (Å²) in [6, 6.07) is 6.13. The monoisotopic (exact) mass is 316 g/mol. The summed E-state index contributed by atoms with van der Waals surface area (Å²) in [6.07, 6.45) is 2.09. The molecule has 1 heterocycles. The maximum atomic E-state index is 13.2. The molecule has 1 aromatic rings. The van der Waals surface area contributed by atoms with E-state index in [0.717, 1.165) is 12.8 Å². The highest BCUT2D eigenvalue weighted by Gasteiger charge is 2.23. The molecule has 4 nitrogen and oxygen atoms in total. The molecule has 1 aromatic carbocycles. The highest BCUT2D eigenvalue weighted by Crippen LogP contribution is 2.17. The molecule has 23 heavy (non-hydrogen) atoms. The van der Waals surface area contributed by atoms with Crippen LogP contribution in [0, 0.1) is 23.6 Å². The second-order valence-corrected chi connectivity index (χ2v) is 5.74. The standard InChI is InChI=1S/C18H21FN2O2/c1-2-5-17(22)20-12-15-7-4-9-21(13-15)18(23)11-14-6-3-8-16(19)10-14/h3,6,8,10,15H,4,7,9,11-13H2,1H3,(H,20,22). The van der Waals surface area contributed by atoms with Crippen molar-refractivity contribution in [3.63, 3.8) is 0 Å². The van der Waals surface area contributed by atoms with Gasteiger partial charge in [-0.25, -0.2) is 4.39 Å². The number of carbonyl (C=O) groups excluding carboxylic acids is 2. The van der Waals surface area contributed by atoms with E-state index in [0.29, 0.717) is 25.2 Å². The minimum absolute atomic E-state index is 0.0000219. The fourth-order valence-electron chi connectivity index (χ4n) is 2.79. The lowest BCUT2D eigenvalue weighted by Crippen LogP contribution is -2.44. The summed E-state index contributed by atoms with van der Waals surface area (Å²) in [5.41, 5.74) is 0.684. The van der Waals surface area contributed by atoms with E-state index in [1.165, 1.54) is 12.1 Å². The van der Waals surface area contributed by atoms with Gasteiger partial charge in [0.15, 0.2) is 0 Å². The Morgan fingerprint density at radius 2 is 2.26 bits per heavy atom. The van der Waals surface area contributed by atoms with E-state index < -0.39 is 0 Å². The number of hydrogen-bond acceptors (Lipinski definition) is 2. The molecule has 1 fully saturated rings. The van der Waals surface area contributed by atoms with Crippen molar-refractivity contribution in [2.45, 2.75) is 26.2 Å². The smallest absolute Gasteiger partial charge is 0.295 e. The molecule has 5 heteroatoms. The third-order valence-corrected chi connectivity index (χ3v) is 3.91. The van der Waals surface area contributed by atoms with Crippen molar-refractivity contribution in [3.05, 3.63) is 35.6 Å². The molecule has 122 valence electrons. The second kappa shape index (κ2) is 8.33. The van der Waals surface area contributed by atoms with Crippen LogP contribution in [-0.4, -0.2) is 36.3 Å². The number of hydrogen-bond donors (Lipinski definition) is 1. The Morgan fingerprint density at radius 1 is 1.43 bits per heavy atom. The number of piperidine rings is 1. The maximum absolute atomic E-state index is 13.2. The largest absolute Gasteiger partial charge is 0.345 e. The molecule has 1 saturated heterocycles. The van der Waals surface area contributed by atoms with Gasteiger partial charge in [-0.15, -0.1) is 0 Å². The predicted octanol–water partition coefficient (Wildman–Crippen LogP) is 1.75. The van der Waals surface area contributed by atoms with Gasteiger partial charge in [0, 0.05) is 19.6 Å². The van der Waals surface area contributed by atoms with E-state index in [-0.39, 0.29) is 30.0 Å². The average molecular weight is 316 g/mol. The predicted molar refractivity (Wildman–Crippen MR) is 85.9 cm³/mol. The van der Waals surface area contributed by atoms with Gasteiger partial charge in [0.2, 0.25) is 5.91 Å². The SMILES string of the molecule is CC#CC(=O)NCC1CCCN(C(=O)Cc2cccc(F)c2)C1. The van der Waals surface area contributed by atoms with Crippen LogP contribution in [0.4, 0.5) is 4.39 Å². The molecule has 0 aliphatic carbocycles. The third-order valence-electron chi connectivity index (χ3n) is 3.91. The fraction of sp³-hybridized carbons (Fsp3) is 0.444. The molecule has 0 spiro atoms. The van der Waals surface area contributed by atoms with Gasteiger partial charge in [-0.2, -0.15) is 0 Å². The van der Waals surface area contributed by atoms with Gasteiger partial charge in [0.05, 0.1) is 6.42 Å². The molecule has 0 radical (unpaired) electrons. The first kappa shape index (κ1) is 17.0. The van der Waals surface area contributed by atoms with Gasteiger partial charge >= 0.3 is 0 Å². The zero-order chi connectivity index (χ0) is 16.7. The van der Waals surface area contributed by atoms with Crippen LogP contribution in [0.5, 0.6) is 0 Å². The van der Waals surface area contributed by atoms with Crippen LogP contribution in [-0.2, 0) is 16.0 Å². The molecule has 2 rings (SSSR count). The van der Waals surface area contributed by atoms with Crippen LogP contribution in [0.2, 0.25) is 0 Å². The van der Waals surface area contributed by atoms with Gasteiger partial charge in [-0.3, -0.25) is 9.59 Å². The Kier molecular flexibility index (Phi) is 6.16. The zero-order valence-electron chi connectivity index (χ0n) is 13.3. The topological polar surface area (TPSA) is 49.4 Å². The lowest BCUT2D eigenvalue weighted by atomic mass is 9.97. The lowest BCUT2D eigenvalue weighted by molar-refractivity contribution is -0.132. The number of nitrogens with zero attached hydrogens (tertiary/aromatic N) is 1. The van der Waals surface area contributed by atoms with E-state index >= 15 is 0 Å². The van der Waals surface area contributed by atoms with Crippen molar-refractivity contribution in [3.8, 4) is 11.8 Å². The molecule has 0 bridgehead atoms. The summed E-state index contributed by atoms with van der Waals surface area (Å²) in [4.78, 5) is 25.5. The highest BCUT2D eigenvalue weighted by molar-refractivity contribution is 5.93. The summed E-state index contributed by atoms with van der Waals surface area (Å²) >= 11 is 0. The van der Waals surface area contributed by atoms with Gasteiger partial charge in [0.25, 0.3) is 5.91 Å². The summed E-state index contributed by atoms with van der Waals surface area (Å²) in [5.74, 6) is 4.63. The average Bonchev–Trinajstić information content (AvgIpc) is 2.53. The Labute approximate surface area is 136 Å². The van der Waals surface area contributed by atoms with Crippen molar-refractivity contribution < 1.29 is 14.0 Å². The first-order chi connectivity index (χ1) is 11.1. The third kappa shape index (κ3) is 5.41. The number of carbonyl (C=O) groups is 2. The molecule has 0 saturated carbocycles. The Hall–Kier alpha value is -2.35. The Balaban J connectivity index is 1.86. The van der Waals surface area contributed by atoms with E-state index in [4.69, 9.17) is 0 Å². The van der Waals surface area contributed by atoms with Gasteiger partial charge in [-0.1, -0.05) is 18.1 Å². The van der Waals surface area contributed by atoms with Crippen molar-refractivity contribution in [2.24, 2.45) is 5.92 Å². The van der Waals surface area contributed by atoms with E-state index in [1.807, 2.05) is 0 Å². The summed E-state index contributed by atoms with van der Waals surface area (Å²) in [6.45, 7) is 3.48. The van der Waals surface area contributed by atoms with E-state index in [9.17, 15) is 14.0 Å². The van der Waals surface area contributed by atoms with Crippen LogP contribution >= 0.6 is 0 Å². The van der Waals surface area contributed by atoms with Crippen molar-refractivity contribution in [2.75, 3.05) is 19.6 Å². The van der Waals surface area contributed by atoms with Gasteiger partial charge in [-0.05, 0) is 49.3 Å². The highest BCUT2D eigenvalue weighted by atomic mass is 19.1. The minimum atomic E-state index is -0.327. The van der Waals surface area contributed by atoms with Gasteiger partial charge in [0.1, 0.15) is 5.82 Å². The van der Waals surface area contributed by atoms with Crippen LogP contribution < -0.4 is 5.32 Å². The van der Waals surface area contributed by atoms with Gasteiger partial charge < -0.3 is 10.2 Å². The Bertz CT molecular complexity index is 633. The normalized spacial score (nSPS) is 17.1. The lowest BCUT2D eigenvalue weighted by Gasteiger charge is -2.33. The molecule has 1 atom stereocenters. The van der Waals surface area contributed by atoms with Crippen molar-refractivity contribution >= 4 is 11.8 Å². The summed E-state index contributed by atoms with van der Waals surface area (Å²) < 4.78 is 13.2. The molecular formula is C18H21FN2O2. The fourth-order valence-corrected chi connectivity index (χ4v) is 2.79. The van der Waals surface area contributed by atoms with Crippen LogP contribution in [0.1, 0.15) is 25.3 Å². The molecule has 1 unspecified atom stereocenters. The number of halogens is 1. The summed E-state index contributed by atoms with van der Waals surface area (Å²) in [5, 5.41) is 2.77. The van der Waals surface area contributed by atoms with Crippen molar-refractivity contribution in [1.82, 2.24) is 10.2 Å². The van der Waals surface area contributed by atoms with E-state index in [1.54, 1.807) is 24.0 Å². The van der Waals surface area contributed by atoms with Crippen molar-refractivity contribution in [1.29, 1.82) is 0 Å². The molecule has 2 amide bonds. The second-order valence-electron chi connectivity index (χ2n) is 5.74. The molecule has 1 N–H and O–H groups in total. The van der Waals surface area contributed by atoms with Crippen LogP contribution in [0.25, 0.3) is 0 Å². The number of amides is 2. The first-order valence-electron chi connectivity index (χ1n) is 7.81. The number of rotatable bonds is 4. The van der Waals surface area contributed by atoms with Crippen LogP contribution in [0.3, 0.4) is 0 Å². The number of likely N-dealkylation sites (tertiary alicyclic amines) is 1. The Morgan fingerprint density at radius 3 is 3.00 bits per heavy atom. The molecule has 1 aliphatic rings. The number of nitrogens with one attached hydrogen (secondary N) is 1. The van der Waals surface area contributed by atoms with E-state index in [2.05, 4.69) is 17.2 Å². The molecule has 1 aliphatic heterocycles.